The molecule has 0 spiro atoms. The lowest BCUT2D eigenvalue weighted by Crippen LogP contribution is -2.28. The van der Waals surface area contributed by atoms with Crippen LogP contribution in [0.25, 0.3) is 0 Å². The summed E-state index contributed by atoms with van der Waals surface area (Å²) in [5, 5.41) is 0.664. The number of methoxy groups -OCH3 is 1. The Morgan fingerprint density at radius 2 is 1.81 bits per heavy atom. The van der Waals surface area contributed by atoms with Crippen molar-refractivity contribution in [3.05, 3.63) is 57.8 Å². The van der Waals surface area contributed by atoms with Gasteiger partial charge in [0.15, 0.2) is 30.1 Å². The molecule has 2 rings (SSSR count). The molecule has 0 aliphatic rings. The summed E-state index contributed by atoms with van der Waals surface area (Å²) < 4.78 is 28.7. The summed E-state index contributed by atoms with van der Waals surface area (Å²) in [6.07, 6.45) is -1.01. The molecule has 0 radical (unpaired) electrons. The molecule has 0 unspecified atom stereocenters. The minimum Gasteiger partial charge on any atom is -0.494 e. The number of rotatable bonds is 7. The molecular formula is C18H15Cl2FO5. The number of Topliss-reactive ketones (excluding diaryl/α,β-unsaturated/α-hetero) is 1. The topological polar surface area (TPSA) is 61.8 Å². The van der Waals surface area contributed by atoms with E-state index in [-0.39, 0.29) is 22.1 Å². The maximum absolute atomic E-state index is 13.6. The molecule has 5 nitrogen and oxygen atoms in total. The zero-order valence-electron chi connectivity index (χ0n) is 13.9. The van der Waals surface area contributed by atoms with Gasteiger partial charge in [-0.05, 0) is 43.3 Å². The summed E-state index contributed by atoms with van der Waals surface area (Å²) in [6, 6.07) is 8.26. The lowest BCUT2D eigenvalue weighted by molar-refractivity contribution is -0.149. The van der Waals surface area contributed by atoms with Gasteiger partial charge in [-0.15, -0.1) is 0 Å². The molecule has 2 aromatic rings. The molecule has 138 valence electrons. The molecule has 0 aliphatic heterocycles. The second kappa shape index (κ2) is 8.87. The highest BCUT2D eigenvalue weighted by Gasteiger charge is 2.20. The van der Waals surface area contributed by atoms with Crippen LogP contribution in [0.1, 0.15) is 17.3 Å². The lowest BCUT2D eigenvalue weighted by Gasteiger charge is -2.15. The minimum absolute atomic E-state index is 0.0143. The number of benzene rings is 2. The van der Waals surface area contributed by atoms with Crippen LogP contribution in [-0.2, 0) is 9.53 Å². The van der Waals surface area contributed by atoms with E-state index in [1.165, 1.54) is 38.3 Å². The quantitative estimate of drug-likeness (QED) is 0.511. The van der Waals surface area contributed by atoms with Crippen LogP contribution in [0.4, 0.5) is 4.39 Å². The largest absolute Gasteiger partial charge is 0.494 e. The van der Waals surface area contributed by atoms with Crippen molar-refractivity contribution >= 4 is 35.0 Å². The first-order valence-corrected chi connectivity index (χ1v) is 8.22. The van der Waals surface area contributed by atoms with E-state index in [9.17, 15) is 14.0 Å². The minimum atomic E-state index is -1.01. The van der Waals surface area contributed by atoms with E-state index in [4.69, 9.17) is 37.4 Å². The summed E-state index contributed by atoms with van der Waals surface area (Å²) >= 11 is 11.7. The Labute approximate surface area is 159 Å². The standard InChI is InChI=1S/C18H15Cl2FO5/c1-10(26-16-6-4-12(19)8-13(16)20)18(23)25-9-15(22)11-3-5-17(24-2)14(21)7-11/h3-8,10H,9H2,1-2H3/t10-/m0/s1. The molecule has 0 aliphatic carbocycles. The van der Waals surface area contributed by atoms with E-state index in [1.807, 2.05) is 0 Å². The fourth-order valence-electron chi connectivity index (χ4n) is 1.99. The van der Waals surface area contributed by atoms with Crippen molar-refractivity contribution in [2.75, 3.05) is 13.7 Å². The van der Waals surface area contributed by atoms with Gasteiger partial charge in [-0.1, -0.05) is 23.2 Å². The van der Waals surface area contributed by atoms with Gasteiger partial charge in [0, 0.05) is 10.6 Å². The van der Waals surface area contributed by atoms with Crippen LogP contribution in [-0.4, -0.2) is 31.6 Å². The smallest absolute Gasteiger partial charge is 0.347 e. The number of ether oxygens (including phenoxy) is 3. The monoisotopic (exact) mass is 400 g/mol. The molecule has 8 heteroatoms. The van der Waals surface area contributed by atoms with Gasteiger partial charge >= 0.3 is 5.97 Å². The number of hydrogen-bond acceptors (Lipinski definition) is 5. The third kappa shape index (κ3) is 5.09. The predicted octanol–water partition coefficient (Wildman–Crippen LogP) is 4.33. The first-order chi connectivity index (χ1) is 12.3. The number of hydrogen-bond donors (Lipinski definition) is 0. The van der Waals surface area contributed by atoms with E-state index in [1.54, 1.807) is 6.07 Å². The molecule has 0 amide bonds. The number of halogens is 3. The zero-order chi connectivity index (χ0) is 19.3. The molecule has 0 saturated heterocycles. The fraction of sp³-hybridized carbons (Fsp3) is 0.222. The molecule has 2 aromatic carbocycles. The summed E-state index contributed by atoms with van der Waals surface area (Å²) in [5.74, 6) is -1.74. The van der Waals surface area contributed by atoms with Crippen molar-refractivity contribution < 1.29 is 28.2 Å². The number of carbonyl (C=O) groups excluding carboxylic acids is 2. The van der Waals surface area contributed by atoms with Gasteiger partial charge in [-0.25, -0.2) is 9.18 Å². The van der Waals surface area contributed by atoms with Crippen LogP contribution in [0, 0.1) is 5.82 Å². The number of carbonyl (C=O) groups is 2. The van der Waals surface area contributed by atoms with E-state index >= 15 is 0 Å². The Balaban J connectivity index is 1.92. The van der Waals surface area contributed by atoms with Gasteiger partial charge in [0.05, 0.1) is 12.1 Å². The maximum Gasteiger partial charge on any atom is 0.347 e. The summed E-state index contributed by atoms with van der Waals surface area (Å²) in [4.78, 5) is 24.0. The van der Waals surface area contributed by atoms with Gasteiger partial charge in [0.2, 0.25) is 0 Å². The van der Waals surface area contributed by atoms with Crippen molar-refractivity contribution in [2.24, 2.45) is 0 Å². The van der Waals surface area contributed by atoms with Crippen LogP contribution >= 0.6 is 23.2 Å². The zero-order valence-corrected chi connectivity index (χ0v) is 15.4. The maximum atomic E-state index is 13.6. The van der Waals surface area contributed by atoms with Gasteiger partial charge in [-0.2, -0.15) is 0 Å². The van der Waals surface area contributed by atoms with Crippen molar-refractivity contribution in [2.45, 2.75) is 13.0 Å². The average Bonchev–Trinajstić information content (AvgIpc) is 2.61. The van der Waals surface area contributed by atoms with Crippen LogP contribution in [0.3, 0.4) is 0 Å². The van der Waals surface area contributed by atoms with Crippen LogP contribution in [0.15, 0.2) is 36.4 Å². The molecule has 0 bridgehead atoms. The second-order valence-electron chi connectivity index (χ2n) is 5.22. The molecule has 0 fully saturated rings. The highest BCUT2D eigenvalue weighted by molar-refractivity contribution is 6.35. The second-order valence-corrected chi connectivity index (χ2v) is 6.06. The Kier molecular flexibility index (Phi) is 6.83. The lowest BCUT2D eigenvalue weighted by atomic mass is 10.1. The van der Waals surface area contributed by atoms with Gasteiger partial charge < -0.3 is 14.2 Å². The highest BCUT2D eigenvalue weighted by Crippen LogP contribution is 2.28. The number of ketones is 1. The Hall–Kier alpha value is -2.31. The average molecular weight is 401 g/mol. The number of esters is 1. The molecule has 0 N–H and O–H groups in total. The van der Waals surface area contributed by atoms with E-state index in [2.05, 4.69) is 0 Å². The first kappa shape index (κ1) is 20.0. The van der Waals surface area contributed by atoms with Gasteiger partial charge in [-0.3, -0.25) is 4.79 Å². The third-order valence-electron chi connectivity index (χ3n) is 3.35. The van der Waals surface area contributed by atoms with Crippen molar-refractivity contribution in [3.63, 3.8) is 0 Å². The van der Waals surface area contributed by atoms with Crippen molar-refractivity contribution in [3.8, 4) is 11.5 Å². The molecule has 1 atom stereocenters. The Morgan fingerprint density at radius 1 is 1.12 bits per heavy atom. The van der Waals surface area contributed by atoms with Crippen LogP contribution in [0.5, 0.6) is 11.5 Å². The van der Waals surface area contributed by atoms with Crippen molar-refractivity contribution in [1.82, 2.24) is 0 Å². The molecule has 0 heterocycles. The summed E-state index contributed by atoms with van der Waals surface area (Å²) in [5.41, 5.74) is 0.0606. The normalized spacial score (nSPS) is 11.6. The van der Waals surface area contributed by atoms with E-state index in [0.29, 0.717) is 5.02 Å². The third-order valence-corrected chi connectivity index (χ3v) is 3.88. The van der Waals surface area contributed by atoms with Crippen LogP contribution < -0.4 is 9.47 Å². The Bertz CT molecular complexity index is 825. The molecular weight excluding hydrogens is 386 g/mol. The molecule has 0 aromatic heterocycles. The highest BCUT2D eigenvalue weighted by atomic mass is 35.5. The predicted molar refractivity (Wildman–Crippen MR) is 94.8 cm³/mol. The van der Waals surface area contributed by atoms with E-state index in [0.717, 1.165) is 6.07 Å². The van der Waals surface area contributed by atoms with E-state index < -0.39 is 30.3 Å². The van der Waals surface area contributed by atoms with Crippen molar-refractivity contribution in [1.29, 1.82) is 0 Å². The SMILES string of the molecule is COc1ccc(C(=O)COC(=O)[C@H](C)Oc2ccc(Cl)cc2Cl)cc1F. The molecule has 26 heavy (non-hydrogen) atoms. The molecule has 0 saturated carbocycles. The van der Waals surface area contributed by atoms with Gasteiger partial charge in [0.25, 0.3) is 0 Å². The summed E-state index contributed by atoms with van der Waals surface area (Å²) in [6.45, 7) is 0.900. The van der Waals surface area contributed by atoms with Crippen LogP contribution in [0.2, 0.25) is 10.0 Å². The first-order valence-electron chi connectivity index (χ1n) is 7.47. The summed E-state index contributed by atoms with van der Waals surface area (Å²) in [7, 11) is 1.32. The van der Waals surface area contributed by atoms with Gasteiger partial charge in [0.1, 0.15) is 5.75 Å². The Morgan fingerprint density at radius 3 is 2.42 bits per heavy atom. The fourth-order valence-corrected chi connectivity index (χ4v) is 2.44.